The van der Waals surface area contributed by atoms with E-state index in [0.717, 1.165) is 31.8 Å². The molecule has 134 valence electrons. The molecule has 1 aliphatic heterocycles. The SMILES string of the molecule is O=C(CO)c1ccc2c(=O)[nH]c(-c3ccc(N4CCCCC4)o3)nc2c1. The molecular formula is C19H19N3O4. The Balaban J connectivity index is 1.73. The van der Waals surface area contributed by atoms with E-state index >= 15 is 0 Å². The first kappa shape index (κ1) is 16.5. The maximum Gasteiger partial charge on any atom is 0.259 e. The fourth-order valence-electron chi connectivity index (χ4n) is 3.26. The fourth-order valence-corrected chi connectivity index (χ4v) is 3.26. The zero-order chi connectivity index (χ0) is 18.1. The number of aliphatic hydroxyl groups is 1. The van der Waals surface area contributed by atoms with Gasteiger partial charge in [-0.1, -0.05) is 6.07 Å². The summed E-state index contributed by atoms with van der Waals surface area (Å²) in [5.74, 6) is 1.15. The van der Waals surface area contributed by atoms with Gasteiger partial charge in [0.15, 0.2) is 23.3 Å². The van der Waals surface area contributed by atoms with Crippen LogP contribution in [0, 0.1) is 0 Å². The van der Waals surface area contributed by atoms with Crippen molar-refractivity contribution in [3.05, 3.63) is 46.2 Å². The standard InChI is InChI=1S/C19H19N3O4/c23-11-15(24)12-4-5-13-14(10-12)20-18(21-19(13)25)16-6-7-17(26-16)22-8-2-1-3-9-22/h4-7,10,23H,1-3,8-9,11H2,(H,20,21,25). The van der Waals surface area contributed by atoms with Crippen LogP contribution in [-0.2, 0) is 0 Å². The Kier molecular flexibility index (Phi) is 4.30. The van der Waals surface area contributed by atoms with Crippen molar-refractivity contribution in [1.29, 1.82) is 0 Å². The molecule has 3 heterocycles. The number of H-pyrrole nitrogens is 1. The molecule has 4 rings (SSSR count). The second kappa shape index (κ2) is 6.76. The number of nitrogens with one attached hydrogen (secondary N) is 1. The van der Waals surface area contributed by atoms with Crippen LogP contribution >= 0.6 is 0 Å². The molecule has 7 heteroatoms. The summed E-state index contributed by atoms with van der Waals surface area (Å²) in [5.41, 5.74) is 0.403. The average molecular weight is 353 g/mol. The lowest BCUT2D eigenvalue weighted by Crippen LogP contribution is -2.28. The number of furan rings is 1. The summed E-state index contributed by atoms with van der Waals surface area (Å²) in [4.78, 5) is 33.4. The van der Waals surface area contributed by atoms with Gasteiger partial charge in [-0.2, -0.15) is 0 Å². The number of hydrogen-bond acceptors (Lipinski definition) is 6. The van der Waals surface area contributed by atoms with Gasteiger partial charge in [-0.15, -0.1) is 0 Å². The molecule has 0 radical (unpaired) electrons. The topological polar surface area (TPSA) is 99.4 Å². The third-order valence-corrected chi connectivity index (χ3v) is 4.67. The number of benzene rings is 1. The molecule has 0 bridgehead atoms. The van der Waals surface area contributed by atoms with Crippen molar-refractivity contribution in [2.75, 3.05) is 24.6 Å². The first-order valence-corrected chi connectivity index (χ1v) is 8.69. The van der Waals surface area contributed by atoms with E-state index in [-0.39, 0.29) is 5.56 Å². The summed E-state index contributed by atoms with van der Waals surface area (Å²) in [6.45, 7) is 1.33. The van der Waals surface area contributed by atoms with Crippen LogP contribution in [0.3, 0.4) is 0 Å². The predicted molar refractivity (Wildman–Crippen MR) is 97.5 cm³/mol. The zero-order valence-electron chi connectivity index (χ0n) is 14.2. The Bertz CT molecular complexity index is 1020. The molecule has 1 aromatic carbocycles. The van der Waals surface area contributed by atoms with Crippen molar-refractivity contribution in [3.8, 4) is 11.6 Å². The minimum atomic E-state index is -0.584. The Morgan fingerprint density at radius 1 is 1.19 bits per heavy atom. The van der Waals surface area contributed by atoms with Gasteiger partial charge in [0.1, 0.15) is 6.61 Å². The highest BCUT2D eigenvalue weighted by molar-refractivity contribution is 5.99. The second-order valence-electron chi connectivity index (χ2n) is 6.41. The molecule has 0 saturated carbocycles. The number of piperidine rings is 1. The van der Waals surface area contributed by atoms with Crippen LogP contribution in [0.2, 0.25) is 0 Å². The Hall–Kier alpha value is -2.93. The predicted octanol–water partition coefficient (Wildman–Crippen LogP) is 2.35. The summed E-state index contributed by atoms with van der Waals surface area (Å²) in [5, 5.41) is 9.40. The molecule has 7 nitrogen and oxygen atoms in total. The van der Waals surface area contributed by atoms with Gasteiger partial charge in [0.25, 0.3) is 5.56 Å². The number of anilines is 1. The zero-order valence-corrected chi connectivity index (χ0v) is 14.2. The molecule has 2 N–H and O–H groups in total. The molecule has 0 aliphatic carbocycles. The minimum absolute atomic E-state index is 0.302. The average Bonchev–Trinajstić information content (AvgIpc) is 3.18. The van der Waals surface area contributed by atoms with E-state index in [1.54, 1.807) is 6.07 Å². The van der Waals surface area contributed by atoms with Crippen LogP contribution in [-0.4, -0.2) is 40.6 Å². The van der Waals surface area contributed by atoms with E-state index in [9.17, 15) is 9.59 Å². The highest BCUT2D eigenvalue weighted by atomic mass is 16.4. The summed E-state index contributed by atoms with van der Waals surface area (Å²) >= 11 is 0. The lowest BCUT2D eigenvalue weighted by molar-refractivity contribution is 0.0904. The molecule has 1 fully saturated rings. The van der Waals surface area contributed by atoms with Gasteiger partial charge in [-0.3, -0.25) is 9.59 Å². The molecule has 0 amide bonds. The van der Waals surface area contributed by atoms with Gasteiger partial charge >= 0.3 is 0 Å². The molecular weight excluding hydrogens is 334 g/mol. The van der Waals surface area contributed by atoms with E-state index in [2.05, 4.69) is 14.9 Å². The van der Waals surface area contributed by atoms with Gasteiger partial charge < -0.3 is 19.4 Å². The van der Waals surface area contributed by atoms with E-state index in [0.29, 0.717) is 28.1 Å². The lowest BCUT2D eigenvalue weighted by Gasteiger charge is -2.25. The number of Topliss-reactive ketones (excluding diaryl/α,β-unsaturated/α-hetero) is 1. The molecule has 26 heavy (non-hydrogen) atoms. The van der Waals surface area contributed by atoms with Crippen molar-refractivity contribution in [3.63, 3.8) is 0 Å². The van der Waals surface area contributed by atoms with E-state index in [1.165, 1.54) is 24.6 Å². The van der Waals surface area contributed by atoms with Gasteiger partial charge in [-0.05, 0) is 37.5 Å². The number of carbonyl (C=O) groups is 1. The fraction of sp³-hybridized carbons (Fsp3) is 0.316. The summed E-state index contributed by atoms with van der Waals surface area (Å²) in [6, 6.07) is 8.24. The van der Waals surface area contributed by atoms with Crippen molar-refractivity contribution < 1.29 is 14.3 Å². The van der Waals surface area contributed by atoms with Crippen molar-refractivity contribution in [2.45, 2.75) is 19.3 Å². The Morgan fingerprint density at radius 2 is 2.00 bits per heavy atom. The number of aromatic nitrogens is 2. The second-order valence-corrected chi connectivity index (χ2v) is 6.41. The van der Waals surface area contributed by atoms with Crippen LogP contribution in [0.15, 0.2) is 39.5 Å². The van der Waals surface area contributed by atoms with Crippen LogP contribution < -0.4 is 10.5 Å². The third-order valence-electron chi connectivity index (χ3n) is 4.67. The van der Waals surface area contributed by atoms with Crippen LogP contribution in [0.4, 0.5) is 5.88 Å². The van der Waals surface area contributed by atoms with Gasteiger partial charge in [-0.25, -0.2) is 4.98 Å². The number of rotatable bonds is 4. The first-order valence-electron chi connectivity index (χ1n) is 8.69. The highest BCUT2D eigenvalue weighted by Crippen LogP contribution is 2.27. The quantitative estimate of drug-likeness (QED) is 0.699. The maximum atomic E-state index is 12.4. The van der Waals surface area contributed by atoms with E-state index in [1.807, 2.05) is 6.07 Å². The number of nitrogens with zero attached hydrogens (tertiary/aromatic N) is 2. The lowest BCUT2D eigenvalue weighted by atomic mass is 10.1. The molecule has 3 aromatic rings. The van der Waals surface area contributed by atoms with Gasteiger partial charge in [0.2, 0.25) is 0 Å². The van der Waals surface area contributed by atoms with Crippen LogP contribution in [0.5, 0.6) is 0 Å². The van der Waals surface area contributed by atoms with Crippen LogP contribution in [0.25, 0.3) is 22.5 Å². The van der Waals surface area contributed by atoms with Crippen molar-refractivity contribution in [1.82, 2.24) is 9.97 Å². The number of ketones is 1. The normalized spacial score (nSPS) is 14.7. The maximum absolute atomic E-state index is 12.4. The van der Waals surface area contributed by atoms with E-state index < -0.39 is 12.4 Å². The van der Waals surface area contributed by atoms with E-state index in [4.69, 9.17) is 9.52 Å². The van der Waals surface area contributed by atoms with Crippen LogP contribution in [0.1, 0.15) is 29.6 Å². The molecule has 2 aromatic heterocycles. The minimum Gasteiger partial charge on any atom is -0.437 e. The number of aromatic amines is 1. The van der Waals surface area contributed by atoms with Crippen molar-refractivity contribution in [2.24, 2.45) is 0 Å². The number of carbonyl (C=O) groups excluding carboxylic acids is 1. The van der Waals surface area contributed by atoms with Gasteiger partial charge in [0.05, 0.1) is 10.9 Å². The first-order chi connectivity index (χ1) is 12.7. The highest BCUT2D eigenvalue weighted by Gasteiger charge is 2.17. The van der Waals surface area contributed by atoms with Crippen molar-refractivity contribution >= 4 is 22.6 Å². The summed E-state index contributed by atoms with van der Waals surface area (Å²) in [7, 11) is 0. The molecule has 1 aliphatic rings. The third kappa shape index (κ3) is 3.01. The summed E-state index contributed by atoms with van der Waals surface area (Å²) in [6.07, 6.45) is 3.52. The number of aliphatic hydroxyl groups excluding tert-OH is 1. The summed E-state index contributed by atoms with van der Waals surface area (Å²) < 4.78 is 5.90. The number of fused-ring (bicyclic) bond motifs is 1. The Morgan fingerprint density at radius 3 is 2.77 bits per heavy atom. The smallest absolute Gasteiger partial charge is 0.259 e. The molecule has 0 unspecified atom stereocenters. The number of hydrogen-bond donors (Lipinski definition) is 2. The molecule has 0 atom stereocenters. The molecule has 0 spiro atoms. The molecule has 1 saturated heterocycles. The largest absolute Gasteiger partial charge is 0.437 e. The van der Waals surface area contributed by atoms with Gasteiger partial charge in [0, 0.05) is 24.7 Å². The Labute approximate surface area is 149 Å². The monoisotopic (exact) mass is 353 g/mol.